The highest BCUT2D eigenvalue weighted by Crippen LogP contribution is 2.21. The Morgan fingerprint density at radius 3 is 2.64 bits per heavy atom. The van der Waals surface area contributed by atoms with Gasteiger partial charge in [-0.2, -0.15) is 0 Å². The van der Waals surface area contributed by atoms with Crippen LogP contribution in [0.15, 0.2) is 16.6 Å². The average Bonchev–Trinajstić information content (AvgIpc) is 1.96. The fourth-order valence-electron chi connectivity index (χ4n) is 0.838. The monoisotopic (exact) mass is 280 g/mol. The highest BCUT2D eigenvalue weighted by molar-refractivity contribution is 9.10. The van der Waals surface area contributed by atoms with Gasteiger partial charge in [-0.1, -0.05) is 31.9 Å². The molecule has 0 bridgehead atoms. The molecule has 11 heavy (non-hydrogen) atoms. The first-order chi connectivity index (χ1) is 5.15. The summed E-state index contributed by atoms with van der Waals surface area (Å²) in [5, 5.41) is 0.690. The lowest BCUT2D eigenvalue weighted by Crippen LogP contribution is -1.89. The van der Waals surface area contributed by atoms with E-state index >= 15 is 0 Å². The molecule has 1 aromatic carbocycles. The van der Waals surface area contributed by atoms with Crippen LogP contribution in [-0.2, 0) is 5.33 Å². The molecule has 0 saturated heterocycles. The molecule has 0 aliphatic carbocycles. The first kappa shape index (κ1) is 9.20. The van der Waals surface area contributed by atoms with Crippen molar-refractivity contribution in [3.8, 4) is 0 Å². The third kappa shape index (κ3) is 2.03. The molecule has 0 nitrogen and oxygen atoms in total. The highest BCUT2D eigenvalue weighted by Gasteiger charge is 2.03. The molecule has 0 unspecified atom stereocenters. The van der Waals surface area contributed by atoms with Crippen molar-refractivity contribution in [1.29, 1.82) is 0 Å². The molecule has 0 amide bonds. The van der Waals surface area contributed by atoms with Gasteiger partial charge in [-0.3, -0.25) is 0 Å². The van der Waals surface area contributed by atoms with Gasteiger partial charge in [0.1, 0.15) is 5.82 Å². The smallest absolute Gasteiger partial charge is 0.127 e. The Morgan fingerprint density at radius 2 is 2.09 bits per heavy atom. The molecule has 0 aliphatic rings. The van der Waals surface area contributed by atoms with Gasteiger partial charge in [0.2, 0.25) is 0 Å². The van der Waals surface area contributed by atoms with Crippen LogP contribution < -0.4 is 0 Å². The van der Waals surface area contributed by atoms with E-state index in [1.165, 1.54) is 6.07 Å². The molecule has 0 saturated carbocycles. The molecular formula is C8H7Br2F. The Balaban J connectivity index is 3.24. The SMILES string of the molecule is Cc1c(F)cc(Br)cc1CBr. The third-order valence-corrected chi connectivity index (χ3v) is 2.62. The van der Waals surface area contributed by atoms with Gasteiger partial charge in [0, 0.05) is 9.80 Å². The molecule has 0 fully saturated rings. The van der Waals surface area contributed by atoms with Crippen molar-refractivity contribution < 1.29 is 4.39 Å². The predicted molar refractivity (Wildman–Crippen MR) is 51.5 cm³/mol. The first-order valence-corrected chi connectivity index (χ1v) is 5.07. The lowest BCUT2D eigenvalue weighted by atomic mass is 10.1. The summed E-state index contributed by atoms with van der Waals surface area (Å²) < 4.78 is 13.8. The maximum Gasteiger partial charge on any atom is 0.127 e. The van der Waals surface area contributed by atoms with Gasteiger partial charge in [-0.15, -0.1) is 0 Å². The zero-order valence-electron chi connectivity index (χ0n) is 6.00. The van der Waals surface area contributed by atoms with Gasteiger partial charge in [-0.05, 0) is 30.2 Å². The van der Waals surface area contributed by atoms with Crippen molar-refractivity contribution in [2.75, 3.05) is 0 Å². The van der Waals surface area contributed by atoms with Gasteiger partial charge in [0.15, 0.2) is 0 Å². The number of halogens is 3. The van der Waals surface area contributed by atoms with Crippen LogP contribution in [0.2, 0.25) is 0 Å². The Hall–Kier alpha value is 0.110. The molecule has 0 aliphatic heterocycles. The highest BCUT2D eigenvalue weighted by atomic mass is 79.9. The number of rotatable bonds is 1. The number of benzene rings is 1. The normalized spacial score (nSPS) is 10.2. The minimum Gasteiger partial charge on any atom is -0.207 e. The third-order valence-electron chi connectivity index (χ3n) is 1.56. The zero-order valence-corrected chi connectivity index (χ0v) is 9.17. The predicted octanol–water partition coefficient (Wildman–Crippen LogP) is 3.79. The topological polar surface area (TPSA) is 0 Å². The maximum atomic E-state index is 13.0. The van der Waals surface area contributed by atoms with Gasteiger partial charge < -0.3 is 0 Å². The van der Waals surface area contributed by atoms with Crippen molar-refractivity contribution in [2.24, 2.45) is 0 Å². The van der Waals surface area contributed by atoms with E-state index in [2.05, 4.69) is 31.9 Å². The van der Waals surface area contributed by atoms with Crippen LogP contribution in [0.25, 0.3) is 0 Å². The van der Waals surface area contributed by atoms with Crippen molar-refractivity contribution in [1.82, 2.24) is 0 Å². The van der Waals surface area contributed by atoms with Crippen molar-refractivity contribution in [3.63, 3.8) is 0 Å². The quantitative estimate of drug-likeness (QED) is 0.687. The molecule has 0 spiro atoms. The van der Waals surface area contributed by atoms with Crippen LogP contribution in [0.3, 0.4) is 0 Å². The van der Waals surface area contributed by atoms with Crippen LogP contribution in [-0.4, -0.2) is 0 Å². The average molecular weight is 282 g/mol. The summed E-state index contributed by atoms with van der Waals surface area (Å²) in [5.74, 6) is -0.158. The second kappa shape index (κ2) is 3.68. The lowest BCUT2D eigenvalue weighted by Gasteiger charge is -2.03. The zero-order chi connectivity index (χ0) is 8.43. The molecule has 1 rings (SSSR count). The van der Waals surface area contributed by atoms with Crippen LogP contribution in [0, 0.1) is 12.7 Å². The number of hydrogen-bond donors (Lipinski definition) is 0. The Bertz CT molecular complexity index is 271. The largest absolute Gasteiger partial charge is 0.207 e. The van der Waals surface area contributed by atoms with E-state index in [-0.39, 0.29) is 5.82 Å². The van der Waals surface area contributed by atoms with E-state index in [0.717, 1.165) is 10.0 Å². The van der Waals surface area contributed by atoms with Crippen LogP contribution in [0.5, 0.6) is 0 Å². The summed E-state index contributed by atoms with van der Waals surface area (Å²) in [7, 11) is 0. The molecule has 0 N–H and O–H groups in total. The molecule has 0 aromatic heterocycles. The molecule has 60 valence electrons. The van der Waals surface area contributed by atoms with Gasteiger partial charge in [-0.25, -0.2) is 4.39 Å². The number of alkyl halides is 1. The number of hydrogen-bond acceptors (Lipinski definition) is 0. The Morgan fingerprint density at radius 1 is 1.45 bits per heavy atom. The minimum atomic E-state index is -0.158. The standard InChI is InChI=1S/C8H7Br2F/c1-5-6(4-9)2-7(10)3-8(5)11/h2-3H,4H2,1H3. The van der Waals surface area contributed by atoms with Crippen LogP contribution >= 0.6 is 31.9 Å². The minimum absolute atomic E-state index is 0.158. The molecular weight excluding hydrogens is 275 g/mol. The van der Waals surface area contributed by atoms with Crippen molar-refractivity contribution in [2.45, 2.75) is 12.3 Å². The van der Waals surface area contributed by atoms with E-state index in [1.807, 2.05) is 6.07 Å². The van der Waals surface area contributed by atoms with Gasteiger partial charge in [0.05, 0.1) is 0 Å². The van der Waals surface area contributed by atoms with Crippen molar-refractivity contribution in [3.05, 3.63) is 33.5 Å². The summed E-state index contributed by atoms with van der Waals surface area (Å²) >= 11 is 6.52. The summed E-state index contributed by atoms with van der Waals surface area (Å²) in [4.78, 5) is 0. The summed E-state index contributed by atoms with van der Waals surface area (Å²) in [5.41, 5.74) is 1.70. The second-order valence-electron chi connectivity index (χ2n) is 2.31. The fraction of sp³-hybridized carbons (Fsp3) is 0.250. The first-order valence-electron chi connectivity index (χ1n) is 3.15. The van der Waals surface area contributed by atoms with E-state index < -0.39 is 0 Å². The fourth-order valence-corrected chi connectivity index (χ4v) is 1.90. The molecule has 0 radical (unpaired) electrons. The molecule has 0 heterocycles. The Labute approximate surface area is 82.1 Å². The van der Waals surface area contributed by atoms with Gasteiger partial charge in [0.25, 0.3) is 0 Å². The van der Waals surface area contributed by atoms with Crippen molar-refractivity contribution >= 4 is 31.9 Å². The van der Waals surface area contributed by atoms with Gasteiger partial charge >= 0.3 is 0 Å². The lowest BCUT2D eigenvalue weighted by molar-refractivity contribution is 0.616. The van der Waals surface area contributed by atoms with E-state index in [9.17, 15) is 4.39 Å². The van der Waals surface area contributed by atoms with E-state index in [0.29, 0.717) is 10.9 Å². The summed E-state index contributed by atoms with van der Waals surface area (Å²) in [6.07, 6.45) is 0. The van der Waals surface area contributed by atoms with E-state index in [4.69, 9.17) is 0 Å². The molecule has 3 heteroatoms. The summed E-state index contributed by atoms with van der Waals surface area (Å²) in [6.45, 7) is 1.78. The van der Waals surface area contributed by atoms with E-state index in [1.54, 1.807) is 6.92 Å². The van der Waals surface area contributed by atoms with Crippen LogP contribution in [0.1, 0.15) is 11.1 Å². The molecule has 1 aromatic rings. The Kier molecular flexibility index (Phi) is 3.07. The molecule has 0 atom stereocenters. The summed E-state index contributed by atoms with van der Waals surface area (Å²) in [6, 6.07) is 3.38. The maximum absolute atomic E-state index is 13.0. The van der Waals surface area contributed by atoms with Crippen LogP contribution in [0.4, 0.5) is 4.39 Å². The second-order valence-corrected chi connectivity index (χ2v) is 3.78.